The lowest BCUT2D eigenvalue weighted by Crippen LogP contribution is -2.42. The van der Waals surface area contributed by atoms with Crippen molar-refractivity contribution in [3.8, 4) is 5.75 Å². The predicted octanol–water partition coefficient (Wildman–Crippen LogP) is 2.35. The van der Waals surface area contributed by atoms with Gasteiger partial charge in [0.2, 0.25) is 10.0 Å². The fourth-order valence-corrected chi connectivity index (χ4v) is 4.89. The van der Waals surface area contributed by atoms with E-state index >= 15 is 0 Å². The van der Waals surface area contributed by atoms with E-state index in [2.05, 4.69) is 10.5 Å². The number of aryl methyl sites for hydroxylation is 1. The summed E-state index contributed by atoms with van der Waals surface area (Å²) in [5.74, 6) is -0.119. The van der Waals surface area contributed by atoms with Gasteiger partial charge in [0.25, 0.3) is 5.91 Å². The van der Waals surface area contributed by atoms with E-state index in [0.29, 0.717) is 30.8 Å². The first-order valence-electron chi connectivity index (χ1n) is 10.3. The normalized spacial score (nSPS) is 16.3. The number of benzene rings is 1. The minimum atomic E-state index is -3.66. The van der Waals surface area contributed by atoms with E-state index in [4.69, 9.17) is 14.0 Å². The first-order chi connectivity index (χ1) is 15.2. The van der Waals surface area contributed by atoms with E-state index in [1.807, 2.05) is 0 Å². The molecule has 1 amide bonds. The Balaban J connectivity index is 1.55. The average molecular weight is 466 g/mol. The van der Waals surface area contributed by atoms with Gasteiger partial charge in [0.05, 0.1) is 17.9 Å². The molecule has 10 nitrogen and oxygen atoms in total. The van der Waals surface area contributed by atoms with Crippen LogP contribution in [0.5, 0.6) is 5.75 Å². The fourth-order valence-electron chi connectivity index (χ4n) is 3.42. The van der Waals surface area contributed by atoms with Gasteiger partial charge in [-0.05, 0) is 50.5 Å². The lowest BCUT2D eigenvalue weighted by molar-refractivity contribution is -0.159. The van der Waals surface area contributed by atoms with Crippen molar-refractivity contribution in [2.24, 2.45) is 5.92 Å². The first-order valence-corrected chi connectivity index (χ1v) is 11.8. The summed E-state index contributed by atoms with van der Waals surface area (Å²) in [4.78, 5) is 25.2. The molecule has 1 fully saturated rings. The number of piperidine rings is 1. The van der Waals surface area contributed by atoms with E-state index in [1.54, 1.807) is 32.0 Å². The lowest BCUT2D eigenvalue weighted by Gasteiger charge is -2.30. The first kappa shape index (κ1) is 23.7. The van der Waals surface area contributed by atoms with Crippen LogP contribution in [-0.4, -0.2) is 56.1 Å². The third-order valence-electron chi connectivity index (χ3n) is 5.29. The summed E-state index contributed by atoms with van der Waals surface area (Å²) >= 11 is 0. The number of aromatic nitrogens is 1. The number of esters is 1. The van der Waals surface area contributed by atoms with Gasteiger partial charge < -0.3 is 19.3 Å². The second-order valence-corrected chi connectivity index (χ2v) is 9.44. The average Bonchev–Trinajstić information content (AvgIpc) is 3.21. The van der Waals surface area contributed by atoms with Gasteiger partial charge >= 0.3 is 5.97 Å². The highest BCUT2D eigenvalue weighted by molar-refractivity contribution is 7.89. The van der Waals surface area contributed by atoms with Gasteiger partial charge in [-0.25, -0.2) is 8.42 Å². The Morgan fingerprint density at radius 1 is 1.25 bits per heavy atom. The number of hydrogen-bond acceptors (Lipinski definition) is 8. The second kappa shape index (κ2) is 10.1. The summed E-state index contributed by atoms with van der Waals surface area (Å²) < 4.78 is 42.5. The molecule has 2 aromatic rings. The molecule has 0 saturated carbocycles. The van der Waals surface area contributed by atoms with Gasteiger partial charge in [-0.1, -0.05) is 12.1 Å². The number of carbonyl (C=O) groups excluding carboxylic acids is 2. The maximum absolute atomic E-state index is 12.9. The second-order valence-electron chi connectivity index (χ2n) is 7.50. The fraction of sp³-hybridized carbons (Fsp3) is 0.476. The number of anilines is 1. The SMILES string of the molecule is CC[C@@H](OC(=O)C1CCN(S(=O)(=O)c2ccc(OC)cc2)CC1)C(=O)Nc1cc(C)on1. The number of carbonyl (C=O) groups is 2. The smallest absolute Gasteiger partial charge is 0.309 e. The molecule has 2 heterocycles. The molecule has 0 spiro atoms. The van der Waals surface area contributed by atoms with E-state index in [-0.39, 0.29) is 23.8 Å². The molecule has 0 radical (unpaired) electrons. The van der Waals surface area contributed by atoms with Crippen molar-refractivity contribution in [1.29, 1.82) is 0 Å². The molecule has 0 bridgehead atoms. The highest BCUT2D eigenvalue weighted by Crippen LogP contribution is 2.26. The molecular weight excluding hydrogens is 438 g/mol. The Bertz CT molecular complexity index is 1040. The number of methoxy groups -OCH3 is 1. The van der Waals surface area contributed by atoms with Gasteiger partial charge in [0, 0.05) is 19.2 Å². The van der Waals surface area contributed by atoms with Crippen LogP contribution in [0.3, 0.4) is 0 Å². The van der Waals surface area contributed by atoms with E-state index in [0.717, 1.165) is 0 Å². The topological polar surface area (TPSA) is 128 Å². The molecule has 0 unspecified atom stereocenters. The van der Waals surface area contributed by atoms with Gasteiger partial charge in [0.1, 0.15) is 11.5 Å². The Morgan fingerprint density at radius 2 is 1.91 bits per heavy atom. The molecule has 1 aliphatic rings. The van der Waals surface area contributed by atoms with Gasteiger partial charge in [-0.3, -0.25) is 9.59 Å². The number of sulfonamides is 1. The zero-order valence-corrected chi connectivity index (χ0v) is 19.1. The summed E-state index contributed by atoms with van der Waals surface area (Å²) in [6.45, 7) is 3.81. The molecule has 1 atom stereocenters. The van der Waals surface area contributed by atoms with Crippen molar-refractivity contribution in [1.82, 2.24) is 9.46 Å². The Hall–Kier alpha value is -2.92. The van der Waals surface area contributed by atoms with Crippen LogP contribution in [0.15, 0.2) is 39.8 Å². The van der Waals surface area contributed by atoms with Crippen LogP contribution < -0.4 is 10.1 Å². The third-order valence-corrected chi connectivity index (χ3v) is 7.20. The van der Waals surface area contributed by atoms with Crippen LogP contribution in [0.25, 0.3) is 0 Å². The van der Waals surface area contributed by atoms with Gasteiger partial charge in [0.15, 0.2) is 11.9 Å². The zero-order chi connectivity index (χ0) is 23.3. The summed E-state index contributed by atoms with van der Waals surface area (Å²) in [7, 11) is -2.15. The molecule has 11 heteroatoms. The predicted molar refractivity (Wildman–Crippen MR) is 115 cm³/mol. The van der Waals surface area contributed by atoms with Crippen molar-refractivity contribution >= 4 is 27.7 Å². The van der Waals surface area contributed by atoms with Crippen LogP contribution in [0.2, 0.25) is 0 Å². The molecule has 0 aliphatic carbocycles. The number of ether oxygens (including phenoxy) is 2. The molecule has 1 N–H and O–H groups in total. The Kier molecular flexibility index (Phi) is 7.52. The molecule has 1 aliphatic heterocycles. The highest BCUT2D eigenvalue weighted by atomic mass is 32.2. The summed E-state index contributed by atoms with van der Waals surface area (Å²) in [6.07, 6.45) is -0.0524. The molecule has 174 valence electrons. The van der Waals surface area contributed by atoms with Crippen molar-refractivity contribution < 1.29 is 32.0 Å². The number of nitrogens with zero attached hydrogens (tertiary/aromatic N) is 2. The standard InChI is InChI=1S/C21H27N3O7S/c1-4-18(20(25)22-19-13-14(2)31-23-19)30-21(26)15-9-11-24(12-10-15)32(27,28)17-7-5-16(29-3)6-8-17/h5-8,13,15,18H,4,9-12H2,1-3H3,(H,22,23,25)/t18-/m1/s1. The van der Waals surface area contributed by atoms with E-state index in [1.165, 1.54) is 23.5 Å². The zero-order valence-electron chi connectivity index (χ0n) is 18.2. The van der Waals surface area contributed by atoms with Gasteiger partial charge in [-0.15, -0.1) is 0 Å². The van der Waals surface area contributed by atoms with Crippen molar-refractivity contribution in [3.05, 3.63) is 36.1 Å². The van der Waals surface area contributed by atoms with Crippen LogP contribution in [0, 0.1) is 12.8 Å². The molecule has 3 rings (SSSR count). The quantitative estimate of drug-likeness (QED) is 0.589. The summed E-state index contributed by atoms with van der Waals surface area (Å²) in [5.41, 5.74) is 0. The monoisotopic (exact) mass is 465 g/mol. The van der Waals surface area contributed by atoms with Crippen LogP contribution in [-0.2, 0) is 24.3 Å². The lowest BCUT2D eigenvalue weighted by atomic mass is 9.98. The number of hydrogen-bond donors (Lipinski definition) is 1. The van der Waals surface area contributed by atoms with Crippen molar-refractivity contribution in [3.63, 3.8) is 0 Å². The van der Waals surface area contributed by atoms with Crippen LogP contribution in [0.4, 0.5) is 5.82 Å². The number of amides is 1. The van der Waals surface area contributed by atoms with Gasteiger partial charge in [-0.2, -0.15) is 4.31 Å². The minimum absolute atomic E-state index is 0.171. The van der Waals surface area contributed by atoms with Crippen LogP contribution in [0.1, 0.15) is 31.9 Å². The number of nitrogens with one attached hydrogen (secondary N) is 1. The Labute approximate surface area is 186 Å². The maximum atomic E-state index is 12.9. The molecule has 1 aromatic carbocycles. The molecule has 1 aromatic heterocycles. The van der Waals surface area contributed by atoms with Crippen molar-refractivity contribution in [2.45, 2.75) is 44.1 Å². The molecule has 32 heavy (non-hydrogen) atoms. The summed E-state index contributed by atoms with van der Waals surface area (Å²) in [5, 5.41) is 6.25. The van der Waals surface area contributed by atoms with E-state index in [9.17, 15) is 18.0 Å². The Morgan fingerprint density at radius 3 is 2.44 bits per heavy atom. The maximum Gasteiger partial charge on any atom is 0.309 e. The third kappa shape index (κ3) is 5.46. The highest BCUT2D eigenvalue weighted by Gasteiger charge is 2.34. The molecular formula is C21H27N3O7S. The van der Waals surface area contributed by atoms with E-state index < -0.39 is 33.9 Å². The summed E-state index contributed by atoms with van der Waals surface area (Å²) in [6, 6.07) is 7.73. The largest absolute Gasteiger partial charge is 0.497 e. The van der Waals surface area contributed by atoms with Crippen molar-refractivity contribution in [2.75, 3.05) is 25.5 Å². The van der Waals surface area contributed by atoms with Crippen LogP contribution >= 0.6 is 0 Å². The minimum Gasteiger partial charge on any atom is -0.497 e. The molecule has 1 saturated heterocycles. The number of rotatable bonds is 8.